The summed E-state index contributed by atoms with van der Waals surface area (Å²) in [7, 11) is 0. The molecule has 2 N–H and O–H groups in total. The van der Waals surface area contributed by atoms with E-state index in [1.807, 2.05) is 0 Å². The highest BCUT2D eigenvalue weighted by molar-refractivity contribution is 5.97. The Bertz CT molecular complexity index is 844. The first-order chi connectivity index (χ1) is 12.6. The number of benzene rings is 1. The van der Waals surface area contributed by atoms with Gasteiger partial charge in [0.15, 0.2) is 5.82 Å². The maximum Gasteiger partial charge on any atom is 0.287 e. The number of carbonyl (C=O) groups is 2. The fourth-order valence-corrected chi connectivity index (χ4v) is 3.04. The van der Waals surface area contributed by atoms with Gasteiger partial charge in [0.2, 0.25) is 0 Å². The third-order valence-corrected chi connectivity index (χ3v) is 4.34. The summed E-state index contributed by atoms with van der Waals surface area (Å²) in [6, 6.07) is 6.28. The van der Waals surface area contributed by atoms with Crippen LogP contribution >= 0.6 is 0 Å². The molecule has 136 valence electrons. The average molecular weight is 356 g/mol. The van der Waals surface area contributed by atoms with Crippen LogP contribution in [0.4, 0.5) is 4.39 Å². The van der Waals surface area contributed by atoms with Crippen molar-refractivity contribution in [3.05, 3.63) is 65.5 Å². The maximum absolute atomic E-state index is 13.7. The standard InChI is InChI=1S/C19H21FN4O2/c1-2-10-21-19(26)17-23-16(15-9-5-6-11-24(15)17)18(25)22-12-13-7-3-4-8-14(13)20/h2-4,7-8H,1,5-6,9-12H2,(H,21,26)(H,22,25). The van der Waals surface area contributed by atoms with Gasteiger partial charge in [-0.2, -0.15) is 0 Å². The molecule has 0 atom stereocenters. The number of imidazole rings is 1. The molecule has 2 aromatic rings. The van der Waals surface area contributed by atoms with Gasteiger partial charge in [-0.3, -0.25) is 9.59 Å². The van der Waals surface area contributed by atoms with Crippen molar-refractivity contribution in [3.63, 3.8) is 0 Å². The van der Waals surface area contributed by atoms with E-state index in [0.717, 1.165) is 18.5 Å². The van der Waals surface area contributed by atoms with Crippen molar-refractivity contribution in [2.45, 2.75) is 32.4 Å². The highest BCUT2D eigenvalue weighted by Crippen LogP contribution is 2.21. The Morgan fingerprint density at radius 1 is 1.23 bits per heavy atom. The van der Waals surface area contributed by atoms with Gasteiger partial charge in [0.25, 0.3) is 11.8 Å². The summed E-state index contributed by atoms with van der Waals surface area (Å²) in [5.74, 6) is -0.871. The lowest BCUT2D eigenvalue weighted by Gasteiger charge is -2.17. The van der Waals surface area contributed by atoms with E-state index in [2.05, 4.69) is 22.2 Å². The molecule has 0 saturated carbocycles. The van der Waals surface area contributed by atoms with E-state index in [9.17, 15) is 14.0 Å². The number of rotatable bonds is 6. The van der Waals surface area contributed by atoms with Gasteiger partial charge < -0.3 is 15.2 Å². The van der Waals surface area contributed by atoms with Gasteiger partial charge in [0.1, 0.15) is 11.5 Å². The molecule has 0 bridgehead atoms. The predicted molar refractivity (Wildman–Crippen MR) is 95.3 cm³/mol. The number of hydrogen-bond acceptors (Lipinski definition) is 3. The van der Waals surface area contributed by atoms with E-state index in [1.54, 1.807) is 28.8 Å². The molecular weight excluding hydrogens is 335 g/mol. The van der Waals surface area contributed by atoms with Gasteiger partial charge >= 0.3 is 0 Å². The molecule has 7 heteroatoms. The maximum atomic E-state index is 13.7. The van der Waals surface area contributed by atoms with E-state index in [1.165, 1.54) is 6.07 Å². The highest BCUT2D eigenvalue weighted by atomic mass is 19.1. The normalized spacial score (nSPS) is 13.0. The molecular formula is C19H21FN4O2. The Labute approximate surface area is 151 Å². The van der Waals surface area contributed by atoms with Crippen molar-refractivity contribution in [2.75, 3.05) is 6.54 Å². The first-order valence-corrected chi connectivity index (χ1v) is 8.62. The van der Waals surface area contributed by atoms with Crippen molar-refractivity contribution in [2.24, 2.45) is 0 Å². The molecule has 2 amide bonds. The Kier molecular flexibility index (Phi) is 5.46. The smallest absolute Gasteiger partial charge is 0.287 e. The summed E-state index contributed by atoms with van der Waals surface area (Å²) >= 11 is 0. The van der Waals surface area contributed by atoms with Crippen LogP contribution in [0.3, 0.4) is 0 Å². The first kappa shape index (κ1) is 17.8. The quantitative estimate of drug-likeness (QED) is 0.779. The minimum Gasteiger partial charge on any atom is -0.346 e. The minimum absolute atomic E-state index is 0.0653. The Morgan fingerprint density at radius 2 is 2.04 bits per heavy atom. The summed E-state index contributed by atoms with van der Waals surface area (Å²) in [6.07, 6.45) is 4.14. The number of carbonyl (C=O) groups excluding carboxylic acids is 2. The molecule has 0 saturated heterocycles. The topological polar surface area (TPSA) is 76.0 Å². The number of hydrogen-bond donors (Lipinski definition) is 2. The van der Waals surface area contributed by atoms with Crippen LogP contribution in [-0.4, -0.2) is 27.9 Å². The van der Waals surface area contributed by atoms with E-state index in [0.29, 0.717) is 25.1 Å². The number of halogens is 1. The number of nitrogens with one attached hydrogen (secondary N) is 2. The van der Waals surface area contributed by atoms with Gasteiger partial charge in [-0.15, -0.1) is 6.58 Å². The largest absolute Gasteiger partial charge is 0.346 e. The first-order valence-electron chi connectivity index (χ1n) is 8.62. The Hall–Kier alpha value is -2.96. The number of amides is 2. The summed E-state index contributed by atoms with van der Waals surface area (Å²) in [5.41, 5.74) is 1.40. The SMILES string of the molecule is C=CCNC(=O)c1nc(C(=O)NCc2ccccc2F)c2n1CCCC2. The van der Waals surface area contributed by atoms with Crippen LogP contribution in [0.2, 0.25) is 0 Å². The van der Waals surface area contributed by atoms with Crippen LogP contribution in [0, 0.1) is 5.82 Å². The van der Waals surface area contributed by atoms with Crippen LogP contribution < -0.4 is 10.6 Å². The van der Waals surface area contributed by atoms with Crippen LogP contribution in [0.25, 0.3) is 0 Å². The van der Waals surface area contributed by atoms with Crippen LogP contribution in [0.15, 0.2) is 36.9 Å². The number of aromatic nitrogens is 2. The highest BCUT2D eigenvalue weighted by Gasteiger charge is 2.27. The Balaban J connectivity index is 1.81. The van der Waals surface area contributed by atoms with Crippen LogP contribution in [0.5, 0.6) is 0 Å². The molecule has 1 aliphatic heterocycles. The second-order valence-corrected chi connectivity index (χ2v) is 6.11. The zero-order chi connectivity index (χ0) is 18.5. The molecule has 0 unspecified atom stereocenters. The van der Waals surface area contributed by atoms with E-state index >= 15 is 0 Å². The summed E-state index contributed by atoms with van der Waals surface area (Å²) < 4.78 is 15.5. The third kappa shape index (κ3) is 3.66. The number of nitrogens with zero attached hydrogens (tertiary/aromatic N) is 2. The lowest BCUT2D eigenvalue weighted by atomic mass is 10.1. The molecule has 0 radical (unpaired) electrons. The fraction of sp³-hybridized carbons (Fsp3) is 0.316. The predicted octanol–water partition coefficient (Wildman–Crippen LogP) is 2.20. The fourth-order valence-electron chi connectivity index (χ4n) is 3.04. The molecule has 3 rings (SSSR count). The molecule has 26 heavy (non-hydrogen) atoms. The molecule has 0 fully saturated rings. The van der Waals surface area contributed by atoms with E-state index < -0.39 is 5.91 Å². The van der Waals surface area contributed by atoms with Gasteiger partial charge in [0, 0.05) is 25.2 Å². The van der Waals surface area contributed by atoms with Crippen molar-refractivity contribution >= 4 is 11.8 Å². The van der Waals surface area contributed by atoms with E-state index in [-0.39, 0.29) is 29.8 Å². The zero-order valence-electron chi connectivity index (χ0n) is 14.4. The number of fused-ring (bicyclic) bond motifs is 1. The molecule has 6 nitrogen and oxygen atoms in total. The molecule has 1 aromatic carbocycles. The molecule has 0 spiro atoms. The monoisotopic (exact) mass is 356 g/mol. The molecule has 1 aliphatic rings. The van der Waals surface area contributed by atoms with Gasteiger partial charge in [-0.25, -0.2) is 9.37 Å². The second-order valence-electron chi connectivity index (χ2n) is 6.11. The van der Waals surface area contributed by atoms with Gasteiger partial charge in [-0.05, 0) is 25.3 Å². The molecule has 1 aromatic heterocycles. The van der Waals surface area contributed by atoms with Crippen LogP contribution in [-0.2, 0) is 19.5 Å². The van der Waals surface area contributed by atoms with Crippen molar-refractivity contribution in [1.29, 1.82) is 0 Å². The molecule has 0 aliphatic carbocycles. The lowest BCUT2D eigenvalue weighted by Crippen LogP contribution is -2.28. The van der Waals surface area contributed by atoms with Crippen molar-refractivity contribution in [3.8, 4) is 0 Å². The van der Waals surface area contributed by atoms with Crippen molar-refractivity contribution in [1.82, 2.24) is 20.2 Å². The second kappa shape index (κ2) is 7.95. The summed E-state index contributed by atoms with van der Waals surface area (Å²) in [6.45, 7) is 4.62. The van der Waals surface area contributed by atoms with Crippen molar-refractivity contribution < 1.29 is 14.0 Å². The van der Waals surface area contributed by atoms with Gasteiger partial charge in [-0.1, -0.05) is 24.3 Å². The van der Waals surface area contributed by atoms with Gasteiger partial charge in [0.05, 0.1) is 5.69 Å². The Morgan fingerprint density at radius 3 is 2.81 bits per heavy atom. The molecule has 2 heterocycles. The zero-order valence-corrected chi connectivity index (χ0v) is 14.4. The minimum atomic E-state index is -0.401. The van der Waals surface area contributed by atoms with E-state index in [4.69, 9.17) is 0 Å². The summed E-state index contributed by atoms with van der Waals surface area (Å²) in [4.78, 5) is 29.2. The third-order valence-electron chi connectivity index (χ3n) is 4.34. The lowest BCUT2D eigenvalue weighted by molar-refractivity contribution is 0.0941. The summed E-state index contributed by atoms with van der Waals surface area (Å²) in [5, 5.41) is 5.39. The average Bonchev–Trinajstić information content (AvgIpc) is 3.05. The van der Waals surface area contributed by atoms with Crippen LogP contribution in [0.1, 0.15) is 45.2 Å².